The molecule has 2 amide bonds. The summed E-state index contributed by atoms with van der Waals surface area (Å²) in [5.74, 6) is -1.44. The zero-order chi connectivity index (χ0) is 20.5. The van der Waals surface area contributed by atoms with Crippen molar-refractivity contribution in [3.8, 4) is 0 Å². The average molecular weight is 395 g/mol. The maximum Gasteiger partial charge on any atom is 0.282 e. The molecule has 2 aromatic carbocycles. The lowest BCUT2D eigenvalue weighted by atomic mass is 10.0. The molecule has 1 saturated heterocycles. The quantitative estimate of drug-likeness (QED) is 0.449. The summed E-state index contributed by atoms with van der Waals surface area (Å²) in [6.45, 7) is 1.31. The zero-order valence-corrected chi connectivity index (χ0v) is 15.5. The van der Waals surface area contributed by atoms with Crippen molar-refractivity contribution in [1.82, 2.24) is 4.90 Å². The average Bonchev–Trinajstić information content (AvgIpc) is 2.99. The van der Waals surface area contributed by atoms with Crippen molar-refractivity contribution in [2.45, 2.75) is 19.3 Å². The first-order valence-corrected chi connectivity index (χ1v) is 9.36. The highest BCUT2D eigenvalue weighted by Crippen LogP contribution is 2.36. The number of imide groups is 1. The maximum atomic E-state index is 13.3. The van der Waals surface area contributed by atoms with Crippen LogP contribution in [-0.2, 0) is 9.59 Å². The second kappa shape index (κ2) is 7.46. The minimum absolute atomic E-state index is 0.0963. The van der Waals surface area contributed by atoms with Crippen LogP contribution in [0.15, 0.2) is 54.2 Å². The molecule has 0 atom stereocenters. The van der Waals surface area contributed by atoms with E-state index in [2.05, 4.69) is 0 Å². The number of nitrogens with zero attached hydrogens (tertiary/aromatic N) is 3. The number of benzene rings is 2. The van der Waals surface area contributed by atoms with Crippen LogP contribution in [0.4, 0.5) is 15.8 Å². The maximum absolute atomic E-state index is 13.3. The third-order valence-electron chi connectivity index (χ3n) is 5.18. The van der Waals surface area contributed by atoms with Gasteiger partial charge in [-0.05, 0) is 61.2 Å². The normalized spacial score (nSPS) is 17.3. The summed E-state index contributed by atoms with van der Waals surface area (Å²) in [5, 5.41) is 11.0. The molecule has 7 nitrogen and oxygen atoms in total. The first-order valence-electron chi connectivity index (χ1n) is 9.36. The summed E-state index contributed by atoms with van der Waals surface area (Å²) in [6.07, 6.45) is 2.88. The fraction of sp³-hybridized carbons (Fsp3) is 0.238. The van der Waals surface area contributed by atoms with E-state index in [0.717, 1.165) is 24.2 Å². The summed E-state index contributed by atoms with van der Waals surface area (Å²) < 4.78 is 13.3. The van der Waals surface area contributed by atoms with Gasteiger partial charge in [-0.2, -0.15) is 0 Å². The molecule has 8 heteroatoms. The second-order valence-corrected chi connectivity index (χ2v) is 7.00. The molecule has 0 aliphatic carbocycles. The van der Waals surface area contributed by atoms with Crippen LogP contribution in [0.2, 0.25) is 0 Å². The van der Waals surface area contributed by atoms with E-state index >= 15 is 0 Å². The van der Waals surface area contributed by atoms with Crippen LogP contribution in [0, 0.1) is 15.9 Å². The van der Waals surface area contributed by atoms with Crippen LogP contribution in [0.3, 0.4) is 0 Å². The molecular weight excluding hydrogens is 377 g/mol. The Balaban J connectivity index is 1.80. The fourth-order valence-corrected chi connectivity index (χ4v) is 3.76. The Hall–Kier alpha value is -3.55. The second-order valence-electron chi connectivity index (χ2n) is 7.00. The third kappa shape index (κ3) is 3.37. The van der Waals surface area contributed by atoms with E-state index < -0.39 is 22.6 Å². The number of nitro benzene ring substituents is 1. The van der Waals surface area contributed by atoms with E-state index in [1.165, 1.54) is 48.5 Å². The topological polar surface area (TPSA) is 83.8 Å². The van der Waals surface area contributed by atoms with E-state index in [1.807, 2.05) is 4.90 Å². The van der Waals surface area contributed by atoms with Gasteiger partial charge < -0.3 is 4.90 Å². The van der Waals surface area contributed by atoms with Crippen LogP contribution in [0.1, 0.15) is 24.8 Å². The van der Waals surface area contributed by atoms with Gasteiger partial charge in [0.2, 0.25) is 0 Å². The number of piperidine rings is 1. The molecule has 2 heterocycles. The standard InChI is InChI=1S/C21H18FN3O4/c22-15-6-10-16(11-7-15)24-20(26)18(14-4-8-17(9-5-14)25(28)29)19(21(24)27)23-12-2-1-3-13-23/h4-11H,1-3,12-13H2. The molecule has 0 bridgehead atoms. The first-order chi connectivity index (χ1) is 14.0. The molecule has 0 radical (unpaired) electrons. The monoisotopic (exact) mass is 395 g/mol. The van der Waals surface area contributed by atoms with Crippen molar-refractivity contribution >= 4 is 28.8 Å². The lowest BCUT2D eigenvalue weighted by Gasteiger charge is -2.29. The Bertz CT molecular complexity index is 1010. The first kappa shape index (κ1) is 18.8. The summed E-state index contributed by atoms with van der Waals surface area (Å²) in [7, 11) is 0. The largest absolute Gasteiger partial charge is 0.366 e. The Morgan fingerprint density at radius 1 is 0.862 bits per heavy atom. The van der Waals surface area contributed by atoms with E-state index in [-0.39, 0.29) is 16.9 Å². The van der Waals surface area contributed by atoms with Crippen LogP contribution < -0.4 is 4.90 Å². The predicted octanol–water partition coefficient (Wildman–Crippen LogP) is 3.50. The van der Waals surface area contributed by atoms with Crippen molar-refractivity contribution < 1.29 is 18.9 Å². The molecule has 0 spiro atoms. The van der Waals surface area contributed by atoms with Gasteiger partial charge in [0.15, 0.2) is 0 Å². The highest BCUT2D eigenvalue weighted by Gasteiger charge is 2.42. The molecule has 148 valence electrons. The van der Waals surface area contributed by atoms with Crippen molar-refractivity contribution in [2.75, 3.05) is 18.0 Å². The molecule has 2 aromatic rings. The summed E-state index contributed by atoms with van der Waals surface area (Å²) in [5.41, 5.74) is 1.15. The molecule has 2 aliphatic rings. The van der Waals surface area contributed by atoms with Gasteiger partial charge in [0.25, 0.3) is 17.5 Å². The van der Waals surface area contributed by atoms with Gasteiger partial charge in [-0.3, -0.25) is 19.7 Å². The molecule has 2 aliphatic heterocycles. The zero-order valence-electron chi connectivity index (χ0n) is 15.5. The number of halogens is 1. The number of likely N-dealkylation sites (tertiary alicyclic amines) is 1. The Labute approximate surface area is 166 Å². The van der Waals surface area contributed by atoms with Gasteiger partial charge in [0.1, 0.15) is 11.5 Å². The highest BCUT2D eigenvalue weighted by atomic mass is 19.1. The smallest absolute Gasteiger partial charge is 0.282 e. The number of non-ortho nitro benzene ring substituents is 1. The Kier molecular flexibility index (Phi) is 4.84. The van der Waals surface area contributed by atoms with Crippen LogP contribution in [-0.4, -0.2) is 34.7 Å². The molecule has 0 unspecified atom stereocenters. The van der Waals surface area contributed by atoms with Crippen molar-refractivity contribution in [3.05, 3.63) is 75.7 Å². The number of carbonyl (C=O) groups is 2. The van der Waals surface area contributed by atoms with Crippen molar-refractivity contribution in [3.63, 3.8) is 0 Å². The van der Waals surface area contributed by atoms with Gasteiger partial charge in [-0.25, -0.2) is 9.29 Å². The minimum atomic E-state index is -0.518. The molecular formula is C21H18FN3O4. The predicted molar refractivity (Wildman–Crippen MR) is 104 cm³/mol. The molecule has 4 rings (SSSR count). The Morgan fingerprint density at radius 3 is 2.07 bits per heavy atom. The highest BCUT2D eigenvalue weighted by molar-refractivity contribution is 6.45. The van der Waals surface area contributed by atoms with E-state index in [1.54, 1.807) is 0 Å². The van der Waals surface area contributed by atoms with Gasteiger partial charge in [-0.1, -0.05) is 0 Å². The number of hydrogen-bond donors (Lipinski definition) is 0. The lowest BCUT2D eigenvalue weighted by Crippen LogP contribution is -2.37. The van der Waals surface area contributed by atoms with Gasteiger partial charge in [-0.15, -0.1) is 0 Å². The molecule has 0 N–H and O–H groups in total. The van der Waals surface area contributed by atoms with Crippen molar-refractivity contribution in [1.29, 1.82) is 0 Å². The summed E-state index contributed by atoms with van der Waals surface area (Å²) >= 11 is 0. The SMILES string of the molecule is O=C1C(c2ccc([N+](=O)[O-])cc2)=C(N2CCCCC2)C(=O)N1c1ccc(F)cc1. The van der Waals surface area contributed by atoms with E-state index in [9.17, 15) is 24.1 Å². The van der Waals surface area contributed by atoms with Crippen molar-refractivity contribution in [2.24, 2.45) is 0 Å². The molecule has 1 fully saturated rings. The minimum Gasteiger partial charge on any atom is -0.366 e. The van der Waals surface area contributed by atoms with Gasteiger partial charge >= 0.3 is 0 Å². The molecule has 0 saturated carbocycles. The Morgan fingerprint density at radius 2 is 1.48 bits per heavy atom. The third-order valence-corrected chi connectivity index (χ3v) is 5.18. The number of carbonyl (C=O) groups excluding carboxylic acids is 2. The number of amides is 2. The lowest BCUT2D eigenvalue weighted by molar-refractivity contribution is -0.384. The molecule has 29 heavy (non-hydrogen) atoms. The van der Waals surface area contributed by atoms with Gasteiger partial charge in [0, 0.05) is 25.2 Å². The van der Waals surface area contributed by atoms with Crippen LogP contribution >= 0.6 is 0 Å². The number of anilines is 1. The summed E-state index contributed by atoms with van der Waals surface area (Å²) in [6, 6.07) is 10.8. The number of hydrogen-bond acceptors (Lipinski definition) is 5. The number of nitro groups is 1. The number of rotatable bonds is 4. The fourth-order valence-electron chi connectivity index (χ4n) is 3.76. The van der Waals surface area contributed by atoms with E-state index in [4.69, 9.17) is 0 Å². The van der Waals surface area contributed by atoms with Gasteiger partial charge in [0.05, 0.1) is 16.2 Å². The van der Waals surface area contributed by atoms with Crippen LogP contribution in [0.5, 0.6) is 0 Å². The van der Waals surface area contributed by atoms with E-state index in [0.29, 0.717) is 24.4 Å². The summed E-state index contributed by atoms with van der Waals surface area (Å²) in [4.78, 5) is 39.9. The molecule has 0 aromatic heterocycles. The van der Waals surface area contributed by atoms with Crippen LogP contribution in [0.25, 0.3) is 5.57 Å².